The third-order valence-electron chi connectivity index (χ3n) is 5.03. The summed E-state index contributed by atoms with van der Waals surface area (Å²) in [6.07, 6.45) is 1.65. The molecule has 0 bridgehead atoms. The van der Waals surface area contributed by atoms with Crippen LogP contribution >= 0.6 is 0 Å². The van der Waals surface area contributed by atoms with E-state index in [2.05, 4.69) is 4.98 Å². The molecule has 8 heteroatoms. The van der Waals surface area contributed by atoms with Crippen LogP contribution in [0.2, 0.25) is 0 Å². The first-order valence-corrected chi connectivity index (χ1v) is 10.7. The van der Waals surface area contributed by atoms with Gasteiger partial charge in [-0.05, 0) is 30.3 Å². The van der Waals surface area contributed by atoms with E-state index in [0.717, 1.165) is 5.56 Å². The Labute approximate surface area is 192 Å². The topological polar surface area (TPSA) is 79.4 Å². The van der Waals surface area contributed by atoms with E-state index in [4.69, 9.17) is 23.7 Å². The number of hydrogen-bond acceptors (Lipinski definition) is 7. The normalized spacial score (nSPS) is 14.2. The van der Waals surface area contributed by atoms with E-state index in [1.807, 2.05) is 48.5 Å². The van der Waals surface area contributed by atoms with Gasteiger partial charge >= 0.3 is 0 Å². The first kappa shape index (κ1) is 22.4. The van der Waals surface area contributed by atoms with Gasteiger partial charge in [0.15, 0.2) is 29.6 Å². The number of aromatic nitrogens is 1. The molecule has 0 unspecified atom stereocenters. The summed E-state index contributed by atoms with van der Waals surface area (Å²) in [6, 6.07) is 18.3. The molecular formula is C25H26N2O6. The molecule has 0 aliphatic carbocycles. The Kier molecular flexibility index (Phi) is 7.60. The summed E-state index contributed by atoms with van der Waals surface area (Å²) in [5.41, 5.74) is 0.761. The predicted molar refractivity (Wildman–Crippen MR) is 121 cm³/mol. The first-order valence-electron chi connectivity index (χ1n) is 10.7. The number of nitrogens with zero attached hydrogens (tertiary/aromatic N) is 2. The molecule has 1 aromatic heterocycles. The van der Waals surface area contributed by atoms with Gasteiger partial charge in [-0.3, -0.25) is 4.79 Å². The van der Waals surface area contributed by atoms with Crippen molar-refractivity contribution in [1.29, 1.82) is 0 Å². The van der Waals surface area contributed by atoms with Crippen molar-refractivity contribution in [3.05, 3.63) is 72.4 Å². The lowest BCUT2D eigenvalue weighted by molar-refractivity contribution is -0.134. The molecule has 0 spiro atoms. The number of amides is 1. The van der Waals surface area contributed by atoms with Crippen LogP contribution in [-0.2, 0) is 16.1 Å². The number of rotatable bonds is 4. The van der Waals surface area contributed by atoms with Gasteiger partial charge in [0.25, 0.3) is 5.91 Å². The van der Waals surface area contributed by atoms with Crippen LogP contribution in [0, 0.1) is 0 Å². The Morgan fingerprint density at radius 1 is 0.970 bits per heavy atom. The molecule has 172 valence electrons. The minimum Gasteiger partial charge on any atom is -0.493 e. The molecular weight excluding hydrogens is 424 g/mol. The highest BCUT2D eigenvalue weighted by atomic mass is 16.5. The number of methoxy groups -OCH3 is 1. The Hall–Kier alpha value is -3.78. The van der Waals surface area contributed by atoms with Crippen LogP contribution in [-0.4, -0.2) is 55.9 Å². The van der Waals surface area contributed by atoms with E-state index < -0.39 is 0 Å². The highest BCUT2D eigenvalue weighted by Crippen LogP contribution is 2.32. The van der Waals surface area contributed by atoms with Gasteiger partial charge < -0.3 is 28.6 Å². The molecule has 0 saturated carbocycles. The quantitative estimate of drug-likeness (QED) is 0.600. The Balaban J connectivity index is 1.54. The smallest absolute Gasteiger partial charge is 0.260 e. The molecule has 1 aliphatic rings. The largest absolute Gasteiger partial charge is 0.493 e. The summed E-state index contributed by atoms with van der Waals surface area (Å²) >= 11 is 0. The summed E-state index contributed by atoms with van der Waals surface area (Å²) in [6.45, 7) is 1.66. The molecule has 1 amide bonds. The van der Waals surface area contributed by atoms with Gasteiger partial charge in [-0.15, -0.1) is 0 Å². The minimum atomic E-state index is -0.189. The van der Waals surface area contributed by atoms with Gasteiger partial charge in [-0.2, -0.15) is 0 Å². The maximum atomic E-state index is 13.1. The molecule has 0 radical (unpaired) electrons. The fourth-order valence-corrected chi connectivity index (χ4v) is 3.35. The van der Waals surface area contributed by atoms with Gasteiger partial charge in [0.2, 0.25) is 5.88 Å². The van der Waals surface area contributed by atoms with Crippen LogP contribution in [0.3, 0.4) is 0 Å². The third kappa shape index (κ3) is 5.93. The third-order valence-corrected chi connectivity index (χ3v) is 5.03. The second-order valence-corrected chi connectivity index (χ2v) is 7.23. The molecule has 2 aromatic carbocycles. The molecule has 1 aliphatic heterocycles. The summed E-state index contributed by atoms with van der Waals surface area (Å²) in [7, 11) is 1.56. The van der Waals surface area contributed by atoms with Crippen LogP contribution in [0.25, 0.3) is 0 Å². The zero-order chi connectivity index (χ0) is 22.9. The summed E-state index contributed by atoms with van der Waals surface area (Å²) in [4.78, 5) is 19.1. The summed E-state index contributed by atoms with van der Waals surface area (Å²) in [5.74, 6) is 2.46. The Morgan fingerprint density at radius 3 is 2.61 bits per heavy atom. The molecule has 0 atom stereocenters. The zero-order valence-corrected chi connectivity index (χ0v) is 18.4. The first-order chi connectivity index (χ1) is 16.2. The van der Waals surface area contributed by atoms with Crippen LogP contribution < -0.4 is 18.9 Å². The second kappa shape index (κ2) is 11.2. The average molecular weight is 450 g/mol. The van der Waals surface area contributed by atoms with Gasteiger partial charge in [0.1, 0.15) is 6.61 Å². The van der Waals surface area contributed by atoms with Crippen molar-refractivity contribution >= 4 is 5.91 Å². The van der Waals surface area contributed by atoms with Crippen LogP contribution in [0.15, 0.2) is 66.9 Å². The average Bonchev–Trinajstić information content (AvgIpc) is 2.87. The van der Waals surface area contributed by atoms with E-state index in [0.29, 0.717) is 61.8 Å². The highest BCUT2D eigenvalue weighted by Gasteiger charge is 2.19. The standard InChI is InChI=1S/C25H26N2O6/c1-29-20-8-2-3-9-21(20)32-18-24(28)27-13-14-30-15-16-31-22-10-4-5-11-23(22)33-25-19(17-27)7-6-12-26-25/h2-12H,13-18H2,1H3. The van der Waals surface area contributed by atoms with E-state index in [1.165, 1.54) is 0 Å². The van der Waals surface area contributed by atoms with E-state index in [1.54, 1.807) is 30.3 Å². The lowest BCUT2D eigenvalue weighted by atomic mass is 10.2. The zero-order valence-electron chi connectivity index (χ0n) is 18.4. The SMILES string of the molecule is COc1ccccc1OCC(=O)N1CCOCCOc2ccccc2Oc2ncccc2C1. The number of hydrogen-bond donors (Lipinski definition) is 0. The van der Waals surface area contributed by atoms with Gasteiger partial charge in [-0.25, -0.2) is 4.98 Å². The number of benzene rings is 2. The number of ether oxygens (including phenoxy) is 5. The van der Waals surface area contributed by atoms with Gasteiger partial charge in [-0.1, -0.05) is 30.3 Å². The monoisotopic (exact) mass is 450 g/mol. The number of fused-ring (bicyclic) bond motifs is 2. The number of carbonyl (C=O) groups is 1. The van der Waals surface area contributed by atoms with Crippen molar-refractivity contribution < 1.29 is 28.5 Å². The van der Waals surface area contributed by atoms with E-state index in [-0.39, 0.29) is 12.5 Å². The van der Waals surface area contributed by atoms with Crippen LogP contribution in [0.5, 0.6) is 28.9 Å². The summed E-state index contributed by atoms with van der Waals surface area (Å²) < 4.78 is 28.6. The molecule has 3 aromatic rings. The number of para-hydroxylation sites is 4. The Bertz CT molecular complexity index is 1070. The maximum absolute atomic E-state index is 13.1. The van der Waals surface area contributed by atoms with Gasteiger partial charge in [0.05, 0.1) is 26.9 Å². The predicted octanol–water partition coefficient (Wildman–Crippen LogP) is 3.70. The molecule has 0 saturated heterocycles. The summed E-state index contributed by atoms with van der Waals surface area (Å²) in [5, 5.41) is 0. The molecule has 0 N–H and O–H groups in total. The maximum Gasteiger partial charge on any atom is 0.260 e. The fourth-order valence-electron chi connectivity index (χ4n) is 3.35. The van der Waals surface area contributed by atoms with Crippen LogP contribution in [0.4, 0.5) is 0 Å². The molecule has 33 heavy (non-hydrogen) atoms. The Morgan fingerprint density at radius 2 is 1.76 bits per heavy atom. The lowest BCUT2D eigenvalue weighted by Gasteiger charge is -2.23. The fraction of sp³-hybridized carbons (Fsp3) is 0.280. The van der Waals surface area contributed by atoms with Crippen molar-refractivity contribution in [2.24, 2.45) is 0 Å². The lowest BCUT2D eigenvalue weighted by Crippen LogP contribution is -2.37. The molecule has 4 rings (SSSR count). The molecule has 8 nitrogen and oxygen atoms in total. The number of carbonyl (C=O) groups excluding carboxylic acids is 1. The van der Waals surface area contributed by atoms with E-state index >= 15 is 0 Å². The molecule has 2 heterocycles. The van der Waals surface area contributed by atoms with Crippen LogP contribution in [0.1, 0.15) is 5.56 Å². The number of pyridine rings is 1. The van der Waals surface area contributed by atoms with Crippen molar-refractivity contribution in [3.63, 3.8) is 0 Å². The van der Waals surface area contributed by atoms with Crippen molar-refractivity contribution in [2.75, 3.05) is 40.1 Å². The molecule has 0 fully saturated rings. The van der Waals surface area contributed by atoms with Crippen molar-refractivity contribution in [2.45, 2.75) is 6.54 Å². The highest BCUT2D eigenvalue weighted by molar-refractivity contribution is 5.78. The van der Waals surface area contributed by atoms with Crippen molar-refractivity contribution in [3.8, 4) is 28.9 Å². The van der Waals surface area contributed by atoms with Crippen molar-refractivity contribution in [1.82, 2.24) is 9.88 Å². The second-order valence-electron chi connectivity index (χ2n) is 7.23. The minimum absolute atomic E-state index is 0.136. The van der Waals surface area contributed by atoms with E-state index in [9.17, 15) is 4.79 Å². The van der Waals surface area contributed by atoms with Gasteiger partial charge in [0, 0.05) is 18.3 Å².